The molecule has 0 bridgehead atoms. The van der Waals surface area contributed by atoms with Gasteiger partial charge in [-0.2, -0.15) is 0 Å². The van der Waals surface area contributed by atoms with Gasteiger partial charge >= 0.3 is 5.97 Å². The van der Waals surface area contributed by atoms with Gasteiger partial charge in [-0.25, -0.2) is 0 Å². The molecule has 0 spiro atoms. The van der Waals surface area contributed by atoms with Crippen LogP contribution in [0.2, 0.25) is 0 Å². The zero-order chi connectivity index (χ0) is 21.1. The molecule has 0 saturated heterocycles. The number of allylic oxidation sites excluding steroid dienone is 4. The van der Waals surface area contributed by atoms with Gasteiger partial charge < -0.3 is 9.84 Å². The molecule has 0 aliphatic heterocycles. The molecule has 0 aromatic heterocycles. The van der Waals surface area contributed by atoms with Crippen molar-refractivity contribution in [3.8, 4) is 0 Å². The summed E-state index contributed by atoms with van der Waals surface area (Å²) >= 11 is 0. The first kappa shape index (κ1) is 20.5. The van der Waals surface area contributed by atoms with Crippen LogP contribution in [0.4, 0.5) is 0 Å². The Morgan fingerprint density at radius 1 is 1.31 bits per heavy atom. The highest BCUT2D eigenvalue weighted by Gasteiger charge is 2.64. The first-order valence-corrected chi connectivity index (χ1v) is 10.9. The molecule has 5 nitrogen and oxygen atoms in total. The Morgan fingerprint density at radius 3 is 2.72 bits per heavy atom. The second-order valence-corrected chi connectivity index (χ2v) is 10.2. The third-order valence-corrected chi connectivity index (χ3v) is 8.60. The van der Waals surface area contributed by atoms with E-state index in [2.05, 4.69) is 20.8 Å². The minimum absolute atomic E-state index is 0.0193. The smallest absolute Gasteiger partial charge is 0.303 e. The fraction of sp³-hybridized carbons (Fsp3) is 0.708. The van der Waals surface area contributed by atoms with Crippen LogP contribution in [-0.2, 0) is 19.1 Å². The Bertz CT molecular complexity index is 810. The first-order valence-electron chi connectivity index (χ1n) is 10.9. The van der Waals surface area contributed by atoms with Gasteiger partial charge in [-0.3, -0.25) is 14.4 Å². The van der Waals surface area contributed by atoms with E-state index in [4.69, 9.17) is 4.74 Å². The molecule has 158 valence electrons. The topological polar surface area (TPSA) is 80.7 Å². The number of fused-ring (bicyclic) bond motifs is 5. The van der Waals surface area contributed by atoms with Crippen LogP contribution in [-0.4, -0.2) is 35.4 Å². The minimum atomic E-state index is -0.526. The van der Waals surface area contributed by atoms with E-state index in [1.54, 1.807) is 12.2 Å². The molecule has 0 heterocycles. The number of esters is 1. The number of hydrogen-bond donors (Lipinski definition) is 1. The molecule has 5 heteroatoms. The van der Waals surface area contributed by atoms with Crippen molar-refractivity contribution in [1.82, 2.24) is 0 Å². The Labute approximate surface area is 172 Å². The van der Waals surface area contributed by atoms with E-state index < -0.39 is 12.1 Å². The second kappa shape index (κ2) is 6.90. The van der Waals surface area contributed by atoms with Crippen LogP contribution in [0.1, 0.15) is 53.4 Å². The average Bonchev–Trinajstić information content (AvgIpc) is 2.89. The minimum Gasteiger partial charge on any atom is -0.458 e. The fourth-order valence-electron chi connectivity index (χ4n) is 7.64. The summed E-state index contributed by atoms with van der Waals surface area (Å²) in [7, 11) is 0. The van der Waals surface area contributed by atoms with E-state index in [-0.39, 0.29) is 46.8 Å². The normalized spacial score (nSPS) is 45.7. The summed E-state index contributed by atoms with van der Waals surface area (Å²) in [5.41, 5.74) is 0.561. The quantitative estimate of drug-likeness (QED) is 0.736. The van der Waals surface area contributed by atoms with Gasteiger partial charge in [0.25, 0.3) is 0 Å². The van der Waals surface area contributed by atoms with Crippen molar-refractivity contribution in [1.29, 1.82) is 0 Å². The third kappa shape index (κ3) is 3.04. The van der Waals surface area contributed by atoms with Crippen LogP contribution in [0.3, 0.4) is 0 Å². The Hall–Kier alpha value is -1.75. The number of carbonyl (C=O) groups is 3. The molecule has 0 aromatic carbocycles. The highest BCUT2D eigenvalue weighted by molar-refractivity contribution is 6.01. The fourth-order valence-corrected chi connectivity index (χ4v) is 7.64. The summed E-state index contributed by atoms with van der Waals surface area (Å²) in [5, 5.41) is 11.3. The molecule has 4 aliphatic rings. The molecule has 3 fully saturated rings. The van der Waals surface area contributed by atoms with Crippen molar-refractivity contribution in [3.05, 3.63) is 23.8 Å². The van der Waals surface area contributed by atoms with Gasteiger partial charge in [-0.05, 0) is 61.0 Å². The van der Waals surface area contributed by atoms with Crippen molar-refractivity contribution >= 4 is 17.5 Å². The predicted molar refractivity (Wildman–Crippen MR) is 108 cm³/mol. The summed E-state index contributed by atoms with van der Waals surface area (Å²) in [6.07, 6.45) is 8.24. The number of aliphatic hydroxyl groups excluding tert-OH is 1. The predicted octanol–water partition coefficient (Wildman–Crippen LogP) is 3.26. The summed E-state index contributed by atoms with van der Waals surface area (Å²) < 4.78 is 5.02. The molecular weight excluding hydrogens is 368 g/mol. The zero-order valence-electron chi connectivity index (χ0n) is 17.8. The molecule has 0 aromatic rings. The van der Waals surface area contributed by atoms with Gasteiger partial charge in [0, 0.05) is 24.2 Å². The SMILES string of the molecule is CC(=O)OCC(=O)C1[C@@H](C)CC2[C@@H]3CCC4=CC(=O)C=C[C@]4(C)C3C(O)CC21C. The number of rotatable bonds is 3. The Balaban J connectivity index is 1.65. The molecular formula is C24H32O5. The lowest BCUT2D eigenvalue weighted by atomic mass is 9.46. The first-order chi connectivity index (χ1) is 13.6. The summed E-state index contributed by atoms with van der Waals surface area (Å²) in [6, 6.07) is 0. The van der Waals surface area contributed by atoms with Crippen LogP contribution >= 0.6 is 0 Å². The van der Waals surface area contributed by atoms with Gasteiger partial charge in [-0.1, -0.05) is 32.4 Å². The van der Waals surface area contributed by atoms with Gasteiger partial charge in [0.15, 0.2) is 11.6 Å². The lowest BCUT2D eigenvalue weighted by Gasteiger charge is -2.58. The number of ether oxygens (including phenoxy) is 1. The van der Waals surface area contributed by atoms with Crippen molar-refractivity contribution in [2.75, 3.05) is 6.61 Å². The van der Waals surface area contributed by atoms with Crippen molar-refractivity contribution in [2.45, 2.75) is 59.5 Å². The standard InChI is InChI=1S/C24H32O5/c1-13-9-18-17-6-5-15-10-16(26)7-8-23(15,3)22(17)19(27)11-24(18,4)21(13)20(28)12-29-14(2)25/h7-8,10,13,17-19,21-22,27H,5-6,9,11-12H2,1-4H3/t13-,17-,18?,19?,21?,22?,23-,24?/m0/s1. The molecule has 8 atom stereocenters. The number of ketones is 2. The molecule has 0 amide bonds. The van der Waals surface area contributed by atoms with E-state index in [1.807, 2.05) is 6.08 Å². The summed E-state index contributed by atoms with van der Waals surface area (Å²) in [4.78, 5) is 36.1. The highest BCUT2D eigenvalue weighted by atomic mass is 16.5. The third-order valence-electron chi connectivity index (χ3n) is 8.60. The van der Waals surface area contributed by atoms with Gasteiger partial charge in [0.1, 0.15) is 6.61 Å². The molecule has 4 rings (SSSR count). The number of aliphatic hydroxyl groups is 1. The lowest BCUT2D eigenvalue weighted by molar-refractivity contribution is -0.152. The molecule has 1 N–H and O–H groups in total. The van der Waals surface area contributed by atoms with E-state index >= 15 is 0 Å². The Morgan fingerprint density at radius 2 is 2.03 bits per heavy atom. The summed E-state index contributed by atoms with van der Waals surface area (Å²) in [5.74, 6) is 0.319. The molecule has 29 heavy (non-hydrogen) atoms. The number of hydrogen-bond acceptors (Lipinski definition) is 5. The van der Waals surface area contributed by atoms with Gasteiger partial charge in [-0.15, -0.1) is 0 Å². The van der Waals surface area contributed by atoms with Gasteiger partial charge in [0.2, 0.25) is 0 Å². The van der Waals surface area contributed by atoms with Crippen LogP contribution in [0.25, 0.3) is 0 Å². The maximum atomic E-state index is 13.0. The van der Waals surface area contributed by atoms with E-state index in [1.165, 1.54) is 6.92 Å². The number of carbonyl (C=O) groups excluding carboxylic acids is 3. The zero-order valence-corrected chi connectivity index (χ0v) is 17.8. The van der Waals surface area contributed by atoms with Crippen molar-refractivity contribution in [2.24, 2.45) is 40.4 Å². The van der Waals surface area contributed by atoms with Crippen molar-refractivity contribution in [3.63, 3.8) is 0 Å². The molecule has 3 saturated carbocycles. The maximum Gasteiger partial charge on any atom is 0.303 e. The molecule has 5 unspecified atom stereocenters. The molecule has 0 radical (unpaired) electrons. The Kier molecular flexibility index (Phi) is 4.88. The van der Waals surface area contributed by atoms with Crippen LogP contribution < -0.4 is 0 Å². The summed E-state index contributed by atoms with van der Waals surface area (Å²) in [6.45, 7) is 7.58. The number of Topliss-reactive ketones (excluding diaryl/α,β-unsaturated/α-hetero) is 1. The molecule has 4 aliphatic carbocycles. The van der Waals surface area contributed by atoms with Crippen LogP contribution in [0.5, 0.6) is 0 Å². The van der Waals surface area contributed by atoms with Crippen LogP contribution in [0, 0.1) is 40.4 Å². The van der Waals surface area contributed by atoms with Crippen molar-refractivity contribution < 1.29 is 24.2 Å². The van der Waals surface area contributed by atoms with Crippen LogP contribution in [0.15, 0.2) is 23.8 Å². The lowest BCUT2D eigenvalue weighted by Crippen LogP contribution is -2.56. The highest BCUT2D eigenvalue weighted by Crippen LogP contribution is 2.67. The second-order valence-electron chi connectivity index (χ2n) is 10.2. The van der Waals surface area contributed by atoms with E-state index in [0.29, 0.717) is 18.3 Å². The monoisotopic (exact) mass is 400 g/mol. The van der Waals surface area contributed by atoms with Gasteiger partial charge in [0.05, 0.1) is 6.10 Å². The van der Waals surface area contributed by atoms with E-state index in [0.717, 1.165) is 24.8 Å². The largest absolute Gasteiger partial charge is 0.458 e. The average molecular weight is 401 g/mol. The van der Waals surface area contributed by atoms with E-state index in [9.17, 15) is 19.5 Å². The maximum absolute atomic E-state index is 13.0.